The van der Waals surface area contributed by atoms with E-state index in [0.29, 0.717) is 6.61 Å². The molecular weight excluding hydrogens is 206 g/mol. The molecule has 0 saturated carbocycles. The monoisotopic (exact) mass is 225 g/mol. The Balaban J connectivity index is 3.75. The molecule has 0 aliphatic carbocycles. The van der Waals surface area contributed by atoms with Gasteiger partial charge in [0.25, 0.3) is 0 Å². The van der Waals surface area contributed by atoms with Crippen LogP contribution in [0.25, 0.3) is 0 Å². The zero-order valence-electron chi connectivity index (χ0n) is 8.69. The average molecular weight is 225 g/mol. The molecule has 0 spiro atoms. The van der Waals surface area contributed by atoms with Crippen molar-refractivity contribution in [2.24, 2.45) is 0 Å². The van der Waals surface area contributed by atoms with Crippen LogP contribution in [-0.2, 0) is 14.8 Å². The van der Waals surface area contributed by atoms with E-state index in [1.54, 1.807) is 6.92 Å². The lowest BCUT2D eigenvalue weighted by Crippen LogP contribution is -2.33. The average Bonchev–Trinajstić information content (AvgIpc) is 2.13. The van der Waals surface area contributed by atoms with E-state index in [-0.39, 0.29) is 31.4 Å². The molecule has 0 fully saturated rings. The van der Waals surface area contributed by atoms with E-state index in [2.05, 4.69) is 4.72 Å². The van der Waals surface area contributed by atoms with Crippen LogP contribution in [-0.4, -0.2) is 45.1 Å². The van der Waals surface area contributed by atoms with Gasteiger partial charge in [-0.05, 0) is 20.3 Å². The molecule has 0 amide bonds. The Kier molecular flexibility index (Phi) is 7.08. The minimum absolute atomic E-state index is 0.0393. The van der Waals surface area contributed by atoms with Gasteiger partial charge in [0.1, 0.15) is 0 Å². The third kappa shape index (κ3) is 7.25. The lowest BCUT2D eigenvalue weighted by molar-refractivity contribution is 0.0799. The molecule has 0 aromatic carbocycles. The largest absolute Gasteiger partial charge is 0.396 e. The van der Waals surface area contributed by atoms with Crippen molar-refractivity contribution in [2.75, 3.05) is 25.5 Å². The lowest BCUT2D eigenvalue weighted by Gasteiger charge is -2.12. The predicted octanol–water partition coefficient (Wildman–Crippen LogP) is -0.287. The first-order valence-corrected chi connectivity index (χ1v) is 6.37. The number of rotatable bonds is 8. The quantitative estimate of drug-likeness (QED) is 0.595. The van der Waals surface area contributed by atoms with E-state index in [9.17, 15) is 8.42 Å². The van der Waals surface area contributed by atoms with Crippen molar-refractivity contribution in [2.45, 2.75) is 26.4 Å². The van der Waals surface area contributed by atoms with Gasteiger partial charge >= 0.3 is 0 Å². The molecule has 2 N–H and O–H groups in total. The fourth-order valence-electron chi connectivity index (χ4n) is 0.915. The minimum atomic E-state index is -3.25. The molecule has 0 bridgehead atoms. The van der Waals surface area contributed by atoms with E-state index in [1.807, 2.05) is 6.92 Å². The van der Waals surface area contributed by atoms with Crippen LogP contribution in [0.5, 0.6) is 0 Å². The van der Waals surface area contributed by atoms with Crippen LogP contribution in [0, 0.1) is 0 Å². The second-order valence-electron chi connectivity index (χ2n) is 3.01. The highest BCUT2D eigenvalue weighted by atomic mass is 32.2. The number of sulfonamides is 1. The molecule has 1 unspecified atom stereocenters. The van der Waals surface area contributed by atoms with Crippen molar-refractivity contribution in [3.05, 3.63) is 0 Å². The molecule has 0 aromatic heterocycles. The van der Waals surface area contributed by atoms with Crippen LogP contribution >= 0.6 is 0 Å². The molecule has 86 valence electrons. The van der Waals surface area contributed by atoms with Crippen LogP contribution in [0.4, 0.5) is 0 Å². The number of ether oxygens (including phenoxy) is 1. The Hall–Kier alpha value is -0.170. The van der Waals surface area contributed by atoms with Crippen LogP contribution in [0.15, 0.2) is 0 Å². The molecular formula is C8H19NO4S. The van der Waals surface area contributed by atoms with Gasteiger partial charge in [-0.2, -0.15) is 0 Å². The summed E-state index contributed by atoms with van der Waals surface area (Å²) in [6.07, 6.45) is 0.141. The maximum Gasteiger partial charge on any atom is 0.211 e. The summed E-state index contributed by atoms with van der Waals surface area (Å²) in [7, 11) is -3.25. The highest BCUT2D eigenvalue weighted by Crippen LogP contribution is 1.92. The van der Waals surface area contributed by atoms with Gasteiger partial charge in [-0.15, -0.1) is 0 Å². The van der Waals surface area contributed by atoms with Crippen LogP contribution in [0.2, 0.25) is 0 Å². The fraction of sp³-hybridized carbons (Fsp3) is 1.00. The summed E-state index contributed by atoms with van der Waals surface area (Å²) in [5.74, 6) is -0.0393. The maximum atomic E-state index is 11.2. The summed E-state index contributed by atoms with van der Waals surface area (Å²) in [4.78, 5) is 0. The Morgan fingerprint density at radius 1 is 1.50 bits per heavy atom. The zero-order chi connectivity index (χ0) is 11.0. The van der Waals surface area contributed by atoms with Crippen molar-refractivity contribution in [1.82, 2.24) is 4.72 Å². The first kappa shape index (κ1) is 13.8. The smallest absolute Gasteiger partial charge is 0.211 e. The second kappa shape index (κ2) is 7.17. The Bertz CT molecular complexity index is 227. The number of hydrogen-bond donors (Lipinski definition) is 2. The Morgan fingerprint density at radius 2 is 2.14 bits per heavy atom. The Labute approximate surface area is 85.5 Å². The number of aliphatic hydroxyl groups excluding tert-OH is 1. The molecule has 0 aromatic rings. The standard InChI is InChI=1S/C8H19NO4S/c1-3-13-8(2)7-9-14(11,12)6-4-5-10/h8-10H,3-7H2,1-2H3. The Morgan fingerprint density at radius 3 is 2.64 bits per heavy atom. The third-order valence-electron chi connectivity index (χ3n) is 1.61. The summed E-state index contributed by atoms with van der Waals surface area (Å²) < 4.78 is 30.0. The van der Waals surface area contributed by atoms with Crippen molar-refractivity contribution in [3.8, 4) is 0 Å². The molecule has 0 aliphatic rings. The minimum Gasteiger partial charge on any atom is -0.396 e. The normalized spacial score (nSPS) is 14.2. The highest BCUT2D eigenvalue weighted by molar-refractivity contribution is 7.89. The zero-order valence-corrected chi connectivity index (χ0v) is 9.51. The maximum absolute atomic E-state index is 11.2. The second-order valence-corrected chi connectivity index (χ2v) is 4.94. The molecule has 0 aliphatic heterocycles. The van der Waals surface area contributed by atoms with E-state index in [0.717, 1.165) is 0 Å². The summed E-state index contributed by atoms with van der Waals surface area (Å²) >= 11 is 0. The van der Waals surface area contributed by atoms with Gasteiger partial charge < -0.3 is 9.84 Å². The summed E-state index contributed by atoms with van der Waals surface area (Å²) in [5.41, 5.74) is 0. The summed E-state index contributed by atoms with van der Waals surface area (Å²) in [5, 5.41) is 8.47. The topological polar surface area (TPSA) is 75.6 Å². The molecule has 0 rings (SSSR count). The van der Waals surface area contributed by atoms with Gasteiger partial charge in [-0.3, -0.25) is 0 Å². The van der Waals surface area contributed by atoms with Gasteiger partial charge in [0.2, 0.25) is 10.0 Å². The van der Waals surface area contributed by atoms with Gasteiger partial charge in [0.15, 0.2) is 0 Å². The van der Waals surface area contributed by atoms with Crippen molar-refractivity contribution in [3.63, 3.8) is 0 Å². The SMILES string of the molecule is CCOC(C)CNS(=O)(=O)CCCO. The number of hydrogen-bond acceptors (Lipinski definition) is 4. The summed E-state index contributed by atoms with van der Waals surface area (Å²) in [6.45, 7) is 4.40. The van der Waals surface area contributed by atoms with Crippen LogP contribution in [0.3, 0.4) is 0 Å². The molecule has 14 heavy (non-hydrogen) atoms. The lowest BCUT2D eigenvalue weighted by atomic mass is 10.4. The van der Waals surface area contributed by atoms with Gasteiger partial charge in [-0.1, -0.05) is 0 Å². The molecule has 5 nitrogen and oxygen atoms in total. The van der Waals surface area contributed by atoms with E-state index < -0.39 is 10.0 Å². The first-order valence-electron chi connectivity index (χ1n) is 4.71. The first-order chi connectivity index (χ1) is 6.52. The third-order valence-corrected chi connectivity index (χ3v) is 3.05. The molecule has 0 heterocycles. The van der Waals surface area contributed by atoms with Gasteiger partial charge in [0.05, 0.1) is 11.9 Å². The summed E-state index contributed by atoms with van der Waals surface area (Å²) in [6, 6.07) is 0. The highest BCUT2D eigenvalue weighted by Gasteiger charge is 2.11. The van der Waals surface area contributed by atoms with E-state index in [1.165, 1.54) is 0 Å². The molecule has 6 heteroatoms. The van der Waals surface area contributed by atoms with Gasteiger partial charge in [-0.25, -0.2) is 13.1 Å². The molecule has 1 atom stereocenters. The van der Waals surface area contributed by atoms with Crippen LogP contribution < -0.4 is 4.72 Å². The number of aliphatic hydroxyl groups is 1. The van der Waals surface area contributed by atoms with Gasteiger partial charge in [0, 0.05) is 19.8 Å². The molecule has 0 radical (unpaired) electrons. The van der Waals surface area contributed by atoms with E-state index >= 15 is 0 Å². The predicted molar refractivity (Wildman–Crippen MR) is 54.6 cm³/mol. The van der Waals surface area contributed by atoms with Crippen LogP contribution in [0.1, 0.15) is 20.3 Å². The van der Waals surface area contributed by atoms with E-state index in [4.69, 9.17) is 9.84 Å². The van der Waals surface area contributed by atoms with Crippen molar-refractivity contribution >= 4 is 10.0 Å². The van der Waals surface area contributed by atoms with Crippen molar-refractivity contribution < 1.29 is 18.3 Å². The van der Waals surface area contributed by atoms with Crippen molar-refractivity contribution in [1.29, 1.82) is 0 Å². The fourth-order valence-corrected chi connectivity index (χ4v) is 2.06. The number of nitrogens with one attached hydrogen (secondary N) is 1. The molecule has 0 saturated heterocycles.